The molecule has 0 radical (unpaired) electrons. The molecule has 1 saturated heterocycles. The molecule has 2 N–H and O–H groups in total. The Kier molecular flexibility index (Phi) is 6.44. The van der Waals surface area contributed by atoms with E-state index in [0.717, 1.165) is 17.7 Å². The van der Waals surface area contributed by atoms with Crippen LogP contribution in [0.3, 0.4) is 0 Å². The van der Waals surface area contributed by atoms with Crippen LogP contribution in [-0.4, -0.2) is 50.5 Å². The van der Waals surface area contributed by atoms with Crippen molar-refractivity contribution in [3.8, 4) is 0 Å². The highest BCUT2D eigenvalue weighted by atomic mass is 32.2. The SMILES string of the molecule is CC[C@@H]1Sc2ccc(S(=O)(=O)CCC(=O)NC[C@@H]3CCCO3)cc2NC1=O. The number of carbonyl (C=O) groups is 2. The van der Waals surface area contributed by atoms with Crippen LogP contribution in [0.25, 0.3) is 0 Å². The zero-order valence-electron chi connectivity index (χ0n) is 15.2. The van der Waals surface area contributed by atoms with Crippen LogP contribution in [0, 0.1) is 0 Å². The standard InChI is InChI=1S/C18H24N2O5S2/c1-2-15-18(22)20-14-10-13(5-6-16(14)26-15)27(23,24)9-7-17(21)19-11-12-4-3-8-25-12/h5-6,10,12,15H,2-4,7-9,11H2,1H3,(H,19,21)(H,20,22)/t12-,15-/m0/s1. The van der Waals surface area contributed by atoms with Crippen molar-refractivity contribution >= 4 is 39.1 Å². The summed E-state index contributed by atoms with van der Waals surface area (Å²) < 4.78 is 30.5. The summed E-state index contributed by atoms with van der Waals surface area (Å²) in [4.78, 5) is 24.9. The Morgan fingerprint density at radius 3 is 2.93 bits per heavy atom. The molecule has 0 aliphatic carbocycles. The number of sulfone groups is 1. The summed E-state index contributed by atoms with van der Waals surface area (Å²) in [6, 6.07) is 4.73. The highest BCUT2D eigenvalue weighted by Gasteiger charge is 2.27. The lowest BCUT2D eigenvalue weighted by atomic mass is 10.2. The van der Waals surface area contributed by atoms with Gasteiger partial charge in [-0.1, -0.05) is 6.92 Å². The Bertz CT molecular complexity index is 819. The van der Waals surface area contributed by atoms with Crippen molar-refractivity contribution in [1.82, 2.24) is 5.32 Å². The van der Waals surface area contributed by atoms with Crippen molar-refractivity contribution in [1.29, 1.82) is 0 Å². The number of rotatable bonds is 7. The molecule has 2 atom stereocenters. The molecule has 2 heterocycles. The van der Waals surface area contributed by atoms with E-state index in [9.17, 15) is 18.0 Å². The van der Waals surface area contributed by atoms with Gasteiger partial charge < -0.3 is 15.4 Å². The summed E-state index contributed by atoms with van der Waals surface area (Å²) in [6.07, 6.45) is 2.53. The summed E-state index contributed by atoms with van der Waals surface area (Å²) in [7, 11) is -3.62. The summed E-state index contributed by atoms with van der Waals surface area (Å²) in [5.74, 6) is -0.693. The Morgan fingerprint density at radius 2 is 2.22 bits per heavy atom. The van der Waals surface area contributed by atoms with Crippen molar-refractivity contribution in [2.24, 2.45) is 0 Å². The predicted molar refractivity (Wildman–Crippen MR) is 104 cm³/mol. The fraction of sp³-hybridized carbons (Fsp3) is 0.556. The largest absolute Gasteiger partial charge is 0.376 e. The van der Waals surface area contributed by atoms with Crippen LogP contribution in [0.4, 0.5) is 5.69 Å². The van der Waals surface area contributed by atoms with E-state index in [1.54, 1.807) is 6.07 Å². The van der Waals surface area contributed by atoms with Crippen LogP contribution >= 0.6 is 11.8 Å². The molecule has 1 aromatic carbocycles. The van der Waals surface area contributed by atoms with Crippen LogP contribution in [0.2, 0.25) is 0 Å². The number of fused-ring (bicyclic) bond motifs is 1. The van der Waals surface area contributed by atoms with Gasteiger partial charge in [0.15, 0.2) is 9.84 Å². The van der Waals surface area contributed by atoms with Gasteiger partial charge in [0.2, 0.25) is 11.8 Å². The molecule has 7 nitrogen and oxygen atoms in total. The maximum absolute atomic E-state index is 12.6. The molecule has 2 amide bonds. The van der Waals surface area contributed by atoms with Gasteiger partial charge in [-0.3, -0.25) is 9.59 Å². The van der Waals surface area contributed by atoms with Gasteiger partial charge in [0.1, 0.15) is 0 Å². The minimum absolute atomic E-state index is 0.0271. The summed E-state index contributed by atoms with van der Waals surface area (Å²) in [5, 5.41) is 5.34. The Labute approximate surface area is 163 Å². The molecular formula is C18H24N2O5S2. The lowest BCUT2D eigenvalue weighted by Crippen LogP contribution is -2.32. The molecule has 9 heteroatoms. The van der Waals surface area contributed by atoms with E-state index in [0.29, 0.717) is 25.3 Å². The maximum atomic E-state index is 12.6. The molecule has 3 rings (SSSR count). The van der Waals surface area contributed by atoms with Crippen molar-refractivity contribution < 1.29 is 22.7 Å². The van der Waals surface area contributed by atoms with Crippen molar-refractivity contribution in [3.05, 3.63) is 18.2 Å². The number of carbonyl (C=O) groups excluding carboxylic acids is 2. The van der Waals surface area contributed by atoms with E-state index in [1.807, 2.05) is 6.92 Å². The fourth-order valence-corrected chi connectivity index (χ4v) is 5.34. The van der Waals surface area contributed by atoms with Gasteiger partial charge in [-0.2, -0.15) is 0 Å². The quantitative estimate of drug-likeness (QED) is 0.710. The van der Waals surface area contributed by atoms with Gasteiger partial charge in [0.25, 0.3) is 0 Å². The third kappa shape index (κ3) is 5.03. The number of nitrogens with one attached hydrogen (secondary N) is 2. The number of hydrogen-bond acceptors (Lipinski definition) is 6. The predicted octanol–water partition coefficient (Wildman–Crippen LogP) is 1.97. The minimum atomic E-state index is -3.62. The average molecular weight is 413 g/mol. The first-order valence-electron chi connectivity index (χ1n) is 9.11. The summed E-state index contributed by atoms with van der Waals surface area (Å²) >= 11 is 1.44. The average Bonchev–Trinajstić information content (AvgIpc) is 3.17. The highest BCUT2D eigenvalue weighted by Crippen LogP contribution is 2.38. The first-order chi connectivity index (χ1) is 12.9. The summed E-state index contributed by atoms with van der Waals surface area (Å²) in [6.45, 7) is 3.06. The van der Waals surface area contributed by atoms with Crippen LogP contribution in [0.5, 0.6) is 0 Å². The molecule has 148 valence electrons. The monoisotopic (exact) mass is 412 g/mol. The lowest BCUT2D eigenvalue weighted by Gasteiger charge is -2.23. The topological polar surface area (TPSA) is 102 Å². The molecule has 0 spiro atoms. The number of anilines is 1. The Balaban J connectivity index is 1.59. The molecular weight excluding hydrogens is 388 g/mol. The maximum Gasteiger partial charge on any atom is 0.237 e. The van der Waals surface area contributed by atoms with Crippen LogP contribution < -0.4 is 10.6 Å². The molecule has 2 aliphatic heterocycles. The number of benzene rings is 1. The van der Waals surface area contributed by atoms with Gasteiger partial charge in [-0.05, 0) is 37.5 Å². The molecule has 27 heavy (non-hydrogen) atoms. The summed E-state index contributed by atoms with van der Waals surface area (Å²) in [5.41, 5.74) is 0.513. The zero-order chi connectivity index (χ0) is 19.4. The molecule has 2 aliphatic rings. The van der Waals surface area contributed by atoms with Crippen molar-refractivity contribution in [2.75, 3.05) is 24.2 Å². The van der Waals surface area contributed by atoms with Crippen molar-refractivity contribution in [2.45, 2.75) is 53.8 Å². The first kappa shape index (κ1) is 20.2. The highest BCUT2D eigenvalue weighted by molar-refractivity contribution is 8.01. The van der Waals surface area contributed by atoms with E-state index in [-0.39, 0.29) is 40.2 Å². The molecule has 1 fully saturated rings. The van der Waals surface area contributed by atoms with Gasteiger partial charge >= 0.3 is 0 Å². The number of amides is 2. The van der Waals surface area contributed by atoms with Gasteiger partial charge in [-0.25, -0.2) is 8.42 Å². The van der Waals surface area contributed by atoms with Gasteiger partial charge in [-0.15, -0.1) is 11.8 Å². The second-order valence-corrected chi connectivity index (χ2v) is 10.0. The molecule has 0 bridgehead atoms. The molecule has 0 unspecified atom stereocenters. The Morgan fingerprint density at radius 1 is 1.41 bits per heavy atom. The third-order valence-corrected chi connectivity index (χ3v) is 7.80. The van der Waals surface area contributed by atoms with Crippen molar-refractivity contribution in [3.63, 3.8) is 0 Å². The first-order valence-corrected chi connectivity index (χ1v) is 11.6. The van der Waals surface area contributed by atoms with E-state index in [1.165, 1.54) is 23.9 Å². The number of hydrogen-bond donors (Lipinski definition) is 2. The van der Waals surface area contributed by atoms with E-state index < -0.39 is 9.84 Å². The molecule has 0 aromatic heterocycles. The second-order valence-electron chi connectivity index (χ2n) is 6.67. The van der Waals surface area contributed by atoms with E-state index >= 15 is 0 Å². The molecule has 0 saturated carbocycles. The lowest BCUT2D eigenvalue weighted by molar-refractivity contribution is -0.121. The zero-order valence-corrected chi connectivity index (χ0v) is 16.8. The van der Waals surface area contributed by atoms with Gasteiger partial charge in [0.05, 0.1) is 27.7 Å². The fourth-order valence-electron chi connectivity index (χ4n) is 3.06. The third-order valence-electron chi connectivity index (χ3n) is 4.65. The van der Waals surface area contributed by atoms with E-state index in [4.69, 9.17) is 4.74 Å². The van der Waals surface area contributed by atoms with Crippen LogP contribution in [-0.2, 0) is 24.2 Å². The van der Waals surface area contributed by atoms with Gasteiger partial charge in [0, 0.05) is 24.5 Å². The number of ether oxygens (including phenoxy) is 1. The Hall–Kier alpha value is -1.58. The minimum Gasteiger partial charge on any atom is -0.376 e. The number of thioether (sulfide) groups is 1. The normalized spacial score (nSPS) is 22.2. The van der Waals surface area contributed by atoms with Crippen LogP contribution in [0.1, 0.15) is 32.6 Å². The smallest absolute Gasteiger partial charge is 0.237 e. The second kappa shape index (κ2) is 8.62. The van der Waals surface area contributed by atoms with Crippen LogP contribution in [0.15, 0.2) is 28.0 Å². The molecule has 1 aromatic rings. The van der Waals surface area contributed by atoms with E-state index in [2.05, 4.69) is 10.6 Å².